The van der Waals surface area contributed by atoms with Crippen molar-refractivity contribution in [3.63, 3.8) is 0 Å². The van der Waals surface area contributed by atoms with E-state index >= 15 is 0 Å². The van der Waals surface area contributed by atoms with E-state index in [4.69, 9.17) is 4.42 Å². The second-order valence-corrected chi connectivity index (χ2v) is 6.26. The van der Waals surface area contributed by atoms with Crippen molar-refractivity contribution in [2.24, 2.45) is 11.3 Å². The molecule has 6 nitrogen and oxygen atoms in total. The lowest BCUT2D eigenvalue weighted by molar-refractivity contribution is -0.151. The number of carbonyl (C=O) groups excluding carboxylic acids is 1. The van der Waals surface area contributed by atoms with E-state index in [1.54, 1.807) is 32.6 Å². The second-order valence-electron chi connectivity index (χ2n) is 6.26. The molecular weight excluding hydrogens is 272 g/mol. The van der Waals surface area contributed by atoms with Gasteiger partial charge in [-0.2, -0.15) is 0 Å². The summed E-state index contributed by atoms with van der Waals surface area (Å²) in [5.74, 6) is -0.346. The van der Waals surface area contributed by atoms with Crippen molar-refractivity contribution in [1.82, 2.24) is 9.88 Å². The summed E-state index contributed by atoms with van der Waals surface area (Å²) >= 11 is 0. The zero-order valence-corrected chi connectivity index (χ0v) is 13.0. The average Bonchev–Trinajstić information content (AvgIpc) is 2.76. The lowest BCUT2D eigenvalue weighted by Gasteiger charge is -2.38. The smallest absolute Gasteiger partial charge is 0.309 e. The standard InChI is InChI=1S/C15H22N2O4/c1-9-12(21-10(2)16-9)13(18)17-7-5-6-11(8-17)15(3,4)14(19)20/h11H,5-8H2,1-4H3,(H,19,20). The van der Waals surface area contributed by atoms with Crippen LogP contribution in [0.1, 0.15) is 48.8 Å². The van der Waals surface area contributed by atoms with E-state index < -0.39 is 11.4 Å². The van der Waals surface area contributed by atoms with Gasteiger partial charge in [0.2, 0.25) is 5.76 Å². The van der Waals surface area contributed by atoms with E-state index in [2.05, 4.69) is 4.98 Å². The minimum absolute atomic E-state index is 0.0583. The fourth-order valence-electron chi connectivity index (χ4n) is 2.80. The number of hydrogen-bond donors (Lipinski definition) is 1. The van der Waals surface area contributed by atoms with Crippen molar-refractivity contribution in [1.29, 1.82) is 0 Å². The molecule has 1 aromatic rings. The predicted molar refractivity (Wildman–Crippen MR) is 76.0 cm³/mol. The molecule has 1 amide bonds. The van der Waals surface area contributed by atoms with Gasteiger partial charge in [0.05, 0.1) is 11.1 Å². The number of aryl methyl sites for hydroxylation is 2. The van der Waals surface area contributed by atoms with Gasteiger partial charge >= 0.3 is 5.97 Å². The summed E-state index contributed by atoms with van der Waals surface area (Å²) in [5.41, 5.74) is -0.261. The minimum Gasteiger partial charge on any atom is -0.481 e. The van der Waals surface area contributed by atoms with E-state index in [0.717, 1.165) is 12.8 Å². The maximum absolute atomic E-state index is 12.5. The molecule has 1 aromatic heterocycles. The molecule has 116 valence electrons. The van der Waals surface area contributed by atoms with E-state index in [9.17, 15) is 14.7 Å². The molecule has 1 saturated heterocycles. The van der Waals surface area contributed by atoms with E-state index in [0.29, 0.717) is 24.7 Å². The molecule has 1 atom stereocenters. The van der Waals surface area contributed by atoms with Gasteiger partial charge in [-0.15, -0.1) is 0 Å². The molecule has 1 unspecified atom stereocenters. The van der Waals surface area contributed by atoms with E-state index in [-0.39, 0.29) is 17.6 Å². The summed E-state index contributed by atoms with van der Waals surface area (Å²) in [6, 6.07) is 0. The van der Waals surface area contributed by atoms with Crippen LogP contribution in [0, 0.1) is 25.2 Å². The molecule has 0 bridgehead atoms. The SMILES string of the molecule is Cc1nc(C)c(C(=O)N2CCCC(C(C)(C)C(=O)O)C2)o1. The van der Waals surface area contributed by atoms with Crippen molar-refractivity contribution >= 4 is 11.9 Å². The number of carboxylic acid groups (broad SMARTS) is 1. The van der Waals surface area contributed by atoms with Crippen LogP contribution in [-0.4, -0.2) is 40.0 Å². The number of carboxylic acids is 1. The van der Waals surface area contributed by atoms with Crippen LogP contribution >= 0.6 is 0 Å². The highest BCUT2D eigenvalue weighted by molar-refractivity contribution is 5.92. The van der Waals surface area contributed by atoms with E-state index in [1.165, 1.54) is 0 Å². The van der Waals surface area contributed by atoms with Crippen molar-refractivity contribution in [2.75, 3.05) is 13.1 Å². The molecule has 1 fully saturated rings. The molecule has 1 aliphatic rings. The third-order valence-corrected chi connectivity index (χ3v) is 4.38. The van der Waals surface area contributed by atoms with Gasteiger partial charge in [0, 0.05) is 20.0 Å². The third kappa shape index (κ3) is 2.94. The van der Waals surface area contributed by atoms with Crippen LogP contribution in [0.15, 0.2) is 4.42 Å². The lowest BCUT2D eigenvalue weighted by Crippen LogP contribution is -2.46. The first-order valence-electron chi connectivity index (χ1n) is 7.20. The number of oxazole rings is 1. The number of piperidine rings is 1. The Bertz CT molecular complexity index is 562. The number of aromatic nitrogens is 1. The molecule has 0 saturated carbocycles. The van der Waals surface area contributed by atoms with Crippen molar-refractivity contribution in [3.05, 3.63) is 17.3 Å². The first-order valence-corrected chi connectivity index (χ1v) is 7.20. The van der Waals surface area contributed by atoms with Crippen molar-refractivity contribution in [3.8, 4) is 0 Å². The number of carbonyl (C=O) groups is 2. The minimum atomic E-state index is -0.842. The summed E-state index contributed by atoms with van der Waals surface area (Å²) in [6.07, 6.45) is 1.62. The molecule has 21 heavy (non-hydrogen) atoms. The normalized spacial score (nSPS) is 19.6. The molecule has 1 aliphatic heterocycles. The van der Waals surface area contributed by atoms with Gasteiger partial charge < -0.3 is 14.4 Å². The zero-order chi connectivity index (χ0) is 15.8. The van der Waals surface area contributed by atoms with E-state index in [1.807, 2.05) is 0 Å². The number of rotatable bonds is 3. The van der Waals surface area contributed by atoms with Crippen LogP contribution in [0.2, 0.25) is 0 Å². The second kappa shape index (κ2) is 5.50. The summed E-state index contributed by atoms with van der Waals surface area (Å²) in [4.78, 5) is 29.7. The molecule has 0 aliphatic carbocycles. The van der Waals surface area contributed by atoms with Crippen LogP contribution in [0.4, 0.5) is 0 Å². The Labute approximate surface area is 124 Å². The van der Waals surface area contributed by atoms with Crippen LogP contribution < -0.4 is 0 Å². The lowest BCUT2D eigenvalue weighted by atomic mass is 9.74. The Morgan fingerprint density at radius 2 is 2.05 bits per heavy atom. The fourth-order valence-corrected chi connectivity index (χ4v) is 2.80. The largest absolute Gasteiger partial charge is 0.481 e. The average molecular weight is 294 g/mol. The Morgan fingerprint density at radius 1 is 1.38 bits per heavy atom. The highest BCUT2D eigenvalue weighted by Gasteiger charge is 2.40. The fraction of sp³-hybridized carbons (Fsp3) is 0.667. The van der Waals surface area contributed by atoms with Crippen LogP contribution in [0.3, 0.4) is 0 Å². The summed E-state index contributed by atoms with van der Waals surface area (Å²) < 4.78 is 5.38. The molecule has 0 spiro atoms. The Balaban J connectivity index is 2.16. The Morgan fingerprint density at radius 3 is 2.57 bits per heavy atom. The summed E-state index contributed by atoms with van der Waals surface area (Å²) in [5, 5.41) is 9.35. The van der Waals surface area contributed by atoms with Crippen LogP contribution in [-0.2, 0) is 4.79 Å². The van der Waals surface area contributed by atoms with Gasteiger partial charge in [-0.1, -0.05) is 0 Å². The monoisotopic (exact) mass is 294 g/mol. The van der Waals surface area contributed by atoms with Gasteiger partial charge in [0.25, 0.3) is 5.91 Å². The topological polar surface area (TPSA) is 83.6 Å². The predicted octanol–water partition coefficient (Wildman–Crippen LogP) is 2.25. The van der Waals surface area contributed by atoms with Crippen molar-refractivity contribution < 1.29 is 19.1 Å². The number of hydrogen-bond acceptors (Lipinski definition) is 4. The van der Waals surface area contributed by atoms with Gasteiger partial charge in [-0.3, -0.25) is 9.59 Å². The highest BCUT2D eigenvalue weighted by Crippen LogP contribution is 2.34. The third-order valence-electron chi connectivity index (χ3n) is 4.38. The van der Waals surface area contributed by atoms with Crippen molar-refractivity contribution in [2.45, 2.75) is 40.5 Å². The number of likely N-dealkylation sites (tertiary alicyclic amines) is 1. The first kappa shape index (κ1) is 15.5. The molecule has 0 aromatic carbocycles. The summed E-state index contributed by atoms with van der Waals surface area (Å²) in [7, 11) is 0. The molecule has 2 heterocycles. The van der Waals surface area contributed by atoms with Crippen LogP contribution in [0.25, 0.3) is 0 Å². The zero-order valence-electron chi connectivity index (χ0n) is 13.0. The van der Waals surface area contributed by atoms with Gasteiger partial charge in [0.15, 0.2) is 5.89 Å². The molecule has 6 heteroatoms. The quantitative estimate of drug-likeness (QED) is 0.924. The van der Waals surface area contributed by atoms with Gasteiger partial charge in [0.1, 0.15) is 0 Å². The molecule has 1 N–H and O–H groups in total. The Kier molecular flexibility index (Phi) is 4.07. The molecular formula is C15H22N2O4. The van der Waals surface area contributed by atoms with Gasteiger partial charge in [-0.25, -0.2) is 4.98 Å². The number of nitrogens with zero attached hydrogens (tertiary/aromatic N) is 2. The number of aliphatic carboxylic acids is 1. The maximum Gasteiger partial charge on any atom is 0.309 e. The number of amides is 1. The highest BCUT2D eigenvalue weighted by atomic mass is 16.4. The maximum atomic E-state index is 12.5. The first-order chi connectivity index (χ1) is 9.73. The summed E-state index contributed by atoms with van der Waals surface area (Å²) in [6.45, 7) is 7.96. The molecule has 0 radical (unpaired) electrons. The van der Waals surface area contributed by atoms with Gasteiger partial charge in [-0.05, 0) is 39.5 Å². The van der Waals surface area contributed by atoms with Crippen LogP contribution in [0.5, 0.6) is 0 Å². The Hall–Kier alpha value is -1.85. The molecule has 2 rings (SSSR count).